The predicted octanol–water partition coefficient (Wildman–Crippen LogP) is 0.796. The minimum Gasteiger partial charge on any atom is -0.491 e. The van der Waals surface area contributed by atoms with Crippen LogP contribution in [0.25, 0.3) is 0 Å². The Hall–Kier alpha value is -2.72. The summed E-state index contributed by atoms with van der Waals surface area (Å²) in [6, 6.07) is 2.10. The van der Waals surface area contributed by atoms with Crippen molar-refractivity contribution in [2.24, 2.45) is 4.99 Å². The Bertz CT molecular complexity index is 778. The van der Waals surface area contributed by atoms with E-state index in [1.807, 2.05) is 4.90 Å². The van der Waals surface area contributed by atoms with Gasteiger partial charge < -0.3 is 30.1 Å². The molecule has 1 atom stereocenters. The molecule has 1 amide bonds. The van der Waals surface area contributed by atoms with E-state index in [1.165, 1.54) is 6.08 Å². The van der Waals surface area contributed by atoms with Gasteiger partial charge in [0, 0.05) is 19.2 Å². The van der Waals surface area contributed by atoms with Crippen molar-refractivity contribution in [2.45, 2.75) is 12.6 Å². The van der Waals surface area contributed by atoms with Crippen LogP contribution in [0, 0.1) is 11.6 Å². The maximum absolute atomic E-state index is 14.1. The monoisotopic (exact) mass is 382 g/mol. The molecule has 3 rings (SSSR count). The van der Waals surface area contributed by atoms with Gasteiger partial charge in [0.25, 0.3) is 0 Å². The van der Waals surface area contributed by atoms with Gasteiger partial charge in [-0.2, -0.15) is 0 Å². The van der Waals surface area contributed by atoms with Crippen molar-refractivity contribution in [2.75, 3.05) is 38.7 Å². The van der Waals surface area contributed by atoms with E-state index < -0.39 is 29.5 Å². The minimum absolute atomic E-state index is 0.209. The Morgan fingerprint density at radius 2 is 2.19 bits per heavy atom. The number of amidine groups is 1. The number of benzene rings is 1. The van der Waals surface area contributed by atoms with Gasteiger partial charge in [-0.15, -0.1) is 0 Å². The largest absolute Gasteiger partial charge is 0.491 e. The van der Waals surface area contributed by atoms with E-state index >= 15 is 0 Å². The highest BCUT2D eigenvalue weighted by Crippen LogP contribution is 2.27. The SMILES string of the molecule is COc1c(F)ccc(NC(=O)CC2=NC(O)C=C(N3CCOCC3)N2)c1F. The van der Waals surface area contributed by atoms with Crippen molar-refractivity contribution >= 4 is 17.4 Å². The molecule has 0 aromatic heterocycles. The molecule has 0 bridgehead atoms. The van der Waals surface area contributed by atoms with Gasteiger partial charge in [0.15, 0.2) is 23.6 Å². The second-order valence-electron chi connectivity index (χ2n) is 5.93. The summed E-state index contributed by atoms with van der Waals surface area (Å²) < 4.78 is 37.5. The summed E-state index contributed by atoms with van der Waals surface area (Å²) in [5.41, 5.74) is -0.209. The number of aliphatic hydroxyl groups is 1. The van der Waals surface area contributed by atoms with E-state index in [0.717, 1.165) is 19.2 Å². The number of hydrogen-bond acceptors (Lipinski definition) is 7. The average Bonchev–Trinajstić information content (AvgIpc) is 2.65. The summed E-state index contributed by atoms with van der Waals surface area (Å²) in [6.07, 6.45) is 0.226. The summed E-state index contributed by atoms with van der Waals surface area (Å²) in [7, 11) is 1.13. The molecule has 1 aromatic carbocycles. The normalized spacial score (nSPS) is 19.7. The molecule has 1 unspecified atom stereocenters. The lowest BCUT2D eigenvalue weighted by molar-refractivity contribution is -0.115. The van der Waals surface area contributed by atoms with Crippen LogP contribution in [-0.2, 0) is 9.53 Å². The van der Waals surface area contributed by atoms with Crippen molar-refractivity contribution in [3.05, 3.63) is 35.7 Å². The first-order valence-corrected chi connectivity index (χ1v) is 8.36. The fourth-order valence-electron chi connectivity index (χ4n) is 2.80. The number of aliphatic imine (C=N–C) groups is 1. The highest BCUT2D eigenvalue weighted by atomic mass is 19.1. The summed E-state index contributed by atoms with van der Waals surface area (Å²) in [4.78, 5) is 18.2. The van der Waals surface area contributed by atoms with E-state index in [-0.39, 0.29) is 17.9 Å². The van der Waals surface area contributed by atoms with Gasteiger partial charge in [0.2, 0.25) is 5.91 Å². The molecule has 1 saturated heterocycles. The lowest BCUT2D eigenvalue weighted by atomic mass is 10.2. The summed E-state index contributed by atoms with van der Waals surface area (Å²) in [5, 5.41) is 15.3. The van der Waals surface area contributed by atoms with Gasteiger partial charge in [-0.25, -0.2) is 13.8 Å². The van der Waals surface area contributed by atoms with Crippen molar-refractivity contribution in [3.63, 3.8) is 0 Å². The number of methoxy groups -OCH3 is 1. The molecule has 2 aliphatic rings. The molecule has 2 aliphatic heterocycles. The van der Waals surface area contributed by atoms with Crippen LogP contribution in [0.15, 0.2) is 29.0 Å². The average molecular weight is 382 g/mol. The topological polar surface area (TPSA) is 95.4 Å². The Labute approximate surface area is 154 Å². The van der Waals surface area contributed by atoms with E-state index in [9.17, 15) is 18.7 Å². The molecular formula is C17H20F2N4O4. The van der Waals surface area contributed by atoms with Gasteiger partial charge in [0.05, 0.1) is 32.4 Å². The Balaban J connectivity index is 1.64. The number of nitrogens with one attached hydrogen (secondary N) is 2. The first kappa shape index (κ1) is 19.1. The highest BCUT2D eigenvalue weighted by Gasteiger charge is 2.22. The highest BCUT2D eigenvalue weighted by molar-refractivity contribution is 6.06. The van der Waals surface area contributed by atoms with Gasteiger partial charge in [-0.1, -0.05) is 0 Å². The van der Waals surface area contributed by atoms with Crippen LogP contribution in [0.5, 0.6) is 5.75 Å². The number of morpholine rings is 1. The molecule has 1 aromatic rings. The maximum Gasteiger partial charge on any atom is 0.232 e. The lowest BCUT2D eigenvalue weighted by Crippen LogP contribution is -2.44. The van der Waals surface area contributed by atoms with Crippen LogP contribution in [0.2, 0.25) is 0 Å². The molecule has 10 heteroatoms. The van der Waals surface area contributed by atoms with Crippen molar-refractivity contribution in [1.29, 1.82) is 0 Å². The maximum atomic E-state index is 14.1. The summed E-state index contributed by atoms with van der Waals surface area (Å²) >= 11 is 0. The van der Waals surface area contributed by atoms with Crippen molar-refractivity contribution < 1.29 is 28.2 Å². The molecule has 2 heterocycles. The van der Waals surface area contributed by atoms with Gasteiger partial charge in [-0.3, -0.25) is 4.79 Å². The first-order valence-electron chi connectivity index (χ1n) is 8.36. The second kappa shape index (κ2) is 8.31. The van der Waals surface area contributed by atoms with Gasteiger partial charge >= 0.3 is 0 Å². The quantitative estimate of drug-likeness (QED) is 0.697. The molecule has 146 valence electrons. The molecular weight excluding hydrogens is 362 g/mol. The van der Waals surface area contributed by atoms with Crippen LogP contribution >= 0.6 is 0 Å². The molecule has 27 heavy (non-hydrogen) atoms. The van der Waals surface area contributed by atoms with E-state index in [0.29, 0.717) is 32.1 Å². The van der Waals surface area contributed by atoms with E-state index in [2.05, 4.69) is 20.4 Å². The molecule has 0 radical (unpaired) electrons. The van der Waals surface area contributed by atoms with Crippen molar-refractivity contribution in [3.8, 4) is 5.75 Å². The molecule has 8 nitrogen and oxygen atoms in total. The zero-order valence-electron chi connectivity index (χ0n) is 14.7. The lowest BCUT2D eigenvalue weighted by Gasteiger charge is -2.33. The third-order valence-electron chi connectivity index (χ3n) is 4.07. The number of ether oxygens (including phenoxy) is 2. The standard InChI is InChI=1S/C17H20F2N4O4/c1-26-17-10(18)2-3-11(16(17)19)20-14(24)8-12-21-13(9-15(25)22-12)23-4-6-27-7-5-23/h2-3,9,15,25H,4-8H2,1H3,(H,20,24)(H,21,22). The van der Waals surface area contributed by atoms with E-state index in [1.54, 1.807) is 0 Å². The molecule has 0 spiro atoms. The predicted molar refractivity (Wildman–Crippen MR) is 93.2 cm³/mol. The Morgan fingerprint density at radius 3 is 2.89 bits per heavy atom. The fourth-order valence-corrected chi connectivity index (χ4v) is 2.80. The van der Waals surface area contributed by atoms with E-state index in [4.69, 9.17) is 4.74 Å². The number of hydrogen-bond donors (Lipinski definition) is 3. The van der Waals surface area contributed by atoms with Crippen molar-refractivity contribution in [1.82, 2.24) is 10.2 Å². The van der Waals surface area contributed by atoms with Crippen LogP contribution in [-0.4, -0.2) is 61.4 Å². The first-order chi connectivity index (χ1) is 13.0. The number of aliphatic hydroxyl groups excluding tert-OH is 1. The number of amides is 1. The molecule has 1 fully saturated rings. The zero-order chi connectivity index (χ0) is 19.4. The number of halogens is 2. The second-order valence-corrected chi connectivity index (χ2v) is 5.93. The molecule has 0 saturated carbocycles. The van der Waals surface area contributed by atoms with Crippen LogP contribution in [0.4, 0.5) is 14.5 Å². The zero-order valence-corrected chi connectivity index (χ0v) is 14.7. The van der Waals surface area contributed by atoms with Gasteiger partial charge in [0.1, 0.15) is 11.7 Å². The Morgan fingerprint density at radius 1 is 1.44 bits per heavy atom. The smallest absolute Gasteiger partial charge is 0.232 e. The fraction of sp³-hybridized carbons (Fsp3) is 0.412. The number of rotatable bonds is 5. The summed E-state index contributed by atoms with van der Waals surface area (Å²) in [6.45, 7) is 2.42. The minimum atomic E-state index is -1.09. The number of carbonyl (C=O) groups excluding carboxylic acids is 1. The van der Waals surface area contributed by atoms with Crippen LogP contribution in [0.1, 0.15) is 6.42 Å². The number of nitrogens with zero attached hydrogens (tertiary/aromatic N) is 2. The molecule has 3 N–H and O–H groups in total. The van der Waals surface area contributed by atoms with Crippen LogP contribution < -0.4 is 15.4 Å². The number of carbonyl (C=O) groups is 1. The molecule has 0 aliphatic carbocycles. The van der Waals surface area contributed by atoms with Gasteiger partial charge in [-0.05, 0) is 12.1 Å². The third kappa shape index (κ3) is 4.52. The number of anilines is 1. The summed E-state index contributed by atoms with van der Waals surface area (Å²) in [5.74, 6) is -2.15. The third-order valence-corrected chi connectivity index (χ3v) is 4.07. The van der Waals surface area contributed by atoms with Crippen LogP contribution in [0.3, 0.4) is 0 Å². The Kier molecular flexibility index (Phi) is 5.87.